The van der Waals surface area contributed by atoms with Crippen molar-refractivity contribution in [3.8, 4) is 0 Å². The predicted octanol–water partition coefficient (Wildman–Crippen LogP) is 2.04. The van der Waals surface area contributed by atoms with Crippen LogP contribution in [0.5, 0.6) is 0 Å². The van der Waals surface area contributed by atoms with Gasteiger partial charge < -0.3 is 14.2 Å². The first-order valence-corrected chi connectivity index (χ1v) is 9.16. The summed E-state index contributed by atoms with van der Waals surface area (Å²) in [4.78, 5) is 43.5. The van der Waals surface area contributed by atoms with Gasteiger partial charge in [-0.25, -0.2) is 9.79 Å². The Bertz CT molecular complexity index is 789. The monoisotopic (exact) mass is 373 g/mol. The van der Waals surface area contributed by atoms with Crippen LogP contribution in [0.25, 0.3) is 0 Å². The number of fused-ring (bicyclic) bond motifs is 1. The largest absolute Gasteiger partial charge is 0.476 e. The van der Waals surface area contributed by atoms with E-state index in [4.69, 9.17) is 14.2 Å². The molecule has 0 radical (unpaired) electrons. The van der Waals surface area contributed by atoms with Crippen molar-refractivity contribution in [3.63, 3.8) is 0 Å². The molecular weight excluding hydrogens is 350 g/mol. The molecule has 144 valence electrons. The van der Waals surface area contributed by atoms with Gasteiger partial charge in [-0.1, -0.05) is 30.3 Å². The van der Waals surface area contributed by atoms with Gasteiger partial charge in [0.15, 0.2) is 11.0 Å². The summed E-state index contributed by atoms with van der Waals surface area (Å²) in [6.45, 7) is 5.41. The molecule has 7 nitrogen and oxygen atoms in total. The van der Waals surface area contributed by atoms with E-state index in [9.17, 15) is 14.4 Å². The Morgan fingerprint density at radius 3 is 2.26 bits per heavy atom. The second-order valence-corrected chi connectivity index (χ2v) is 6.46. The molecule has 1 heterocycles. The normalized spacial score (nSPS) is 28.6. The third-order valence-corrected chi connectivity index (χ3v) is 5.22. The van der Waals surface area contributed by atoms with E-state index >= 15 is 0 Å². The number of ether oxygens (including phenoxy) is 3. The third-order valence-electron chi connectivity index (χ3n) is 5.22. The molecule has 2 aliphatic rings. The fourth-order valence-electron chi connectivity index (χ4n) is 4.08. The van der Waals surface area contributed by atoms with Gasteiger partial charge in [0.1, 0.15) is 0 Å². The van der Waals surface area contributed by atoms with Gasteiger partial charge in [0, 0.05) is 5.92 Å². The highest BCUT2D eigenvalue weighted by atomic mass is 16.5. The van der Waals surface area contributed by atoms with E-state index in [0.717, 1.165) is 5.56 Å². The number of hydrogen-bond acceptors (Lipinski definition) is 7. The third kappa shape index (κ3) is 2.48. The van der Waals surface area contributed by atoms with Crippen LogP contribution in [0.15, 0.2) is 35.3 Å². The molecule has 0 spiro atoms. The average molecular weight is 373 g/mol. The average Bonchev–Trinajstić information content (AvgIpc) is 2.83. The van der Waals surface area contributed by atoms with Gasteiger partial charge in [0.2, 0.25) is 5.78 Å². The lowest BCUT2D eigenvalue weighted by atomic mass is 9.46. The van der Waals surface area contributed by atoms with Crippen LogP contribution in [0.4, 0.5) is 0 Å². The van der Waals surface area contributed by atoms with Crippen LogP contribution in [-0.2, 0) is 28.6 Å². The Labute approximate surface area is 157 Å². The Kier molecular flexibility index (Phi) is 5.04. The minimum absolute atomic E-state index is 0.0900. The predicted molar refractivity (Wildman–Crippen MR) is 96.3 cm³/mol. The summed E-state index contributed by atoms with van der Waals surface area (Å²) in [5.41, 5.74) is -2.63. The molecular formula is C20H23NO6. The Morgan fingerprint density at radius 1 is 1.04 bits per heavy atom. The minimum atomic E-state index is -1.74. The molecule has 0 amide bonds. The fourth-order valence-corrected chi connectivity index (χ4v) is 4.08. The van der Waals surface area contributed by atoms with Gasteiger partial charge >= 0.3 is 11.9 Å². The Morgan fingerprint density at radius 2 is 1.67 bits per heavy atom. The summed E-state index contributed by atoms with van der Waals surface area (Å²) in [6.07, 6.45) is 0.119. The first-order valence-electron chi connectivity index (χ1n) is 9.16. The molecule has 1 aromatic rings. The maximum atomic E-state index is 13.1. The van der Waals surface area contributed by atoms with Crippen LogP contribution in [0, 0.1) is 5.41 Å². The van der Waals surface area contributed by atoms with Crippen molar-refractivity contribution >= 4 is 23.6 Å². The van der Waals surface area contributed by atoms with Crippen LogP contribution in [0.3, 0.4) is 0 Å². The number of carbonyl (C=O) groups is 3. The molecule has 1 aromatic carbocycles. The SMILES string of the molecule is CCOC(=O)[C@]12C[C@@H](c3ccccc3)[C@@]1(C(=O)OCC)N=C(OCC)C2=O. The molecule has 1 aliphatic heterocycles. The van der Waals surface area contributed by atoms with Crippen molar-refractivity contribution in [3.05, 3.63) is 35.9 Å². The van der Waals surface area contributed by atoms with Gasteiger partial charge in [-0.2, -0.15) is 0 Å². The van der Waals surface area contributed by atoms with Crippen LogP contribution < -0.4 is 0 Å². The zero-order chi connectivity index (χ0) is 19.7. The van der Waals surface area contributed by atoms with Gasteiger partial charge in [-0.05, 0) is 32.8 Å². The molecule has 27 heavy (non-hydrogen) atoms. The van der Waals surface area contributed by atoms with Gasteiger partial charge in [-0.15, -0.1) is 0 Å². The van der Waals surface area contributed by atoms with E-state index in [-0.39, 0.29) is 32.1 Å². The molecule has 1 aliphatic carbocycles. The number of nitrogens with zero attached hydrogens (tertiary/aromatic N) is 1. The van der Waals surface area contributed by atoms with E-state index < -0.39 is 34.6 Å². The smallest absolute Gasteiger partial charge is 0.336 e. The minimum Gasteiger partial charge on any atom is -0.476 e. The highest BCUT2D eigenvalue weighted by Gasteiger charge is 2.83. The van der Waals surface area contributed by atoms with Crippen molar-refractivity contribution in [2.75, 3.05) is 19.8 Å². The lowest BCUT2D eigenvalue weighted by Gasteiger charge is -2.53. The van der Waals surface area contributed by atoms with Gasteiger partial charge in [0.25, 0.3) is 5.90 Å². The number of hydrogen-bond donors (Lipinski definition) is 0. The van der Waals surface area contributed by atoms with Gasteiger partial charge in [0.05, 0.1) is 19.8 Å². The Balaban J connectivity index is 2.18. The van der Waals surface area contributed by atoms with Crippen molar-refractivity contribution in [1.29, 1.82) is 0 Å². The van der Waals surface area contributed by atoms with E-state index in [1.807, 2.05) is 30.3 Å². The van der Waals surface area contributed by atoms with Crippen LogP contribution in [0.1, 0.15) is 38.7 Å². The summed E-state index contributed by atoms with van der Waals surface area (Å²) in [5, 5.41) is 0. The molecule has 7 heteroatoms. The number of rotatable bonds is 6. The first-order chi connectivity index (χ1) is 13.0. The summed E-state index contributed by atoms with van der Waals surface area (Å²) in [5.74, 6) is -2.76. The van der Waals surface area contributed by atoms with E-state index in [0.29, 0.717) is 0 Å². The second kappa shape index (κ2) is 7.13. The summed E-state index contributed by atoms with van der Waals surface area (Å²) >= 11 is 0. The second-order valence-electron chi connectivity index (χ2n) is 6.46. The van der Waals surface area contributed by atoms with Crippen molar-refractivity contribution in [2.24, 2.45) is 10.4 Å². The maximum Gasteiger partial charge on any atom is 0.336 e. The standard InChI is InChI=1S/C20H23NO6/c1-4-25-16-15(22)19(17(23)26-5-2)12-14(13-10-8-7-9-11-13)20(19,21-16)18(24)27-6-3/h7-11,14H,4-6,12H2,1-3H3/t14-,19+,20-/m0/s1. The highest BCUT2D eigenvalue weighted by Crippen LogP contribution is 2.65. The molecule has 1 fully saturated rings. The molecule has 0 saturated heterocycles. The zero-order valence-corrected chi connectivity index (χ0v) is 15.7. The number of aliphatic imine (C=N–C) groups is 1. The number of esters is 2. The van der Waals surface area contributed by atoms with E-state index in [2.05, 4.69) is 4.99 Å². The van der Waals surface area contributed by atoms with E-state index in [1.165, 1.54) is 0 Å². The molecule has 0 N–H and O–H groups in total. The highest BCUT2D eigenvalue weighted by molar-refractivity contribution is 6.46. The summed E-state index contributed by atoms with van der Waals surface area (Å²) < 4.78 is 15.8. The number of Topliss-reactive ketones (excluding diaryl/α,β-unsaturated/α-hetero) is 1. The zero-order valence-electron chi connectivity index (χ0n) is 15.7. The van der Waals surface area contributed by atoms with Crippen LogP contribution in [-0.4, -0.2) is 49.0 Å². The molecule has 3 atom stereocenters. The van der Waals surface area contributed by atoms with Crippen LogP contribution >= 0.6 is 0 Å². The summed E-state index contributed by atoms with van der Waals surface area (Å²) in [7, 11) is 0. The molecule has 1 saturated carbocycles. The lowest BCUT2D eigenvalue weighted by Crippen LogP contribution is -2.70. The molecule has 0 unspecified atom stereocenters. The number of benzene rings is 1. The van der Waals surface area contributed by atoms with Gasteiger partial charge in [-0.3, -0.25) is 9.59 Å². The lowest BCUT2D eigenvalue weighted by molar-refractivity contribution is -0.186. The van der Waals surface area contributed by atoms with Crippen molar-refractivity contribution < 1.29 is 28.6 Å². The summed E-state index contributed by atoms with van der Waals surface area (Å²) in [6, 6.07) is 9.22. The topological polar surface area (TPSA) is 91.3 Å². The fraction of sp³-hybridized carbons (Fsp3) is 0.500. The van der Waals surface area contributed by atoms with Crippen molar-refractivity contribution in [2.45, 2.75) is 38.6 Å². The number of carbonyl (C=O) groups excluding carboxylic acids is 3. The Hall–Kier alpha value is -2.70. The molecule has 3 rings (SSSR count). The molecule has 0 aromatic heterocycles. The quantitative estimate of drug-likeness (QED) is 0.560. The van der Waals surface area contributed by atoms with Crippen LogP contribution in [0.2, 0.25) is 0 Å². The first kappa shape index (κ1) is 19.1. The number of ketones is 1. The van der Waals surface area contributed by atoms with E-state index in [1.54, 1.807) is 20.8 Å². The van der Waals surface area contributed by atoms with Crippen molar-refractivity contribution in [1.82, 2.24) is 0 Å². The molecule has 0 bridgehead atoms. The maximum absolute atomic E-state index is 13.1.